The lowest BCUT2D eigenvalue weighted by atomic mass is 10.4. The number of thiophene rings is 1. The van der Waals surface area contributed by atoms with Crippen molar-refractivity contribution >= 4 is 44.5 Å². The topological polar surface area (TPSA) is 92.5 Å². The van der Waals surface area contributed by atoms with E-state index in [1.807, 2.05) is 0 Å². The van der Waals surface area contributed by atoms with E-state index in [4.69, 9.17) is 18.0 Å². The van der Waals surface area contributed by atoms with E-state index in [9.17, 15) is 13.2 Å². The Labute approximate surface area is 127 Å². The highest BCUT2D eigenvalue weighted by molar-refractivity contribution is 7.91. The lowest BCUT2D eigenvalue weighted by Gasteiger charge is -2.15. The Morgan fingerprint density at radius 2 is 2.05 bits per heavy atom. The van der Waals surface area contributed by atoms with Gasteiger partial charge in [0.25, 0.3) is 10.0 Å². The van der Waals surface area contributed by atoms with Crippen molar-refractivity contribution in [2.24, 2.45) is 5.73 Å². The van der Waals surface area contributed by atoms with Gasteiger partial charge in [-0.1, -0.05) is 12.2 Å². The molecule has 3 N–H and O–H groups in total. The van der Waals surface area contributed by atoms with Gasteiger partial charge in [0.05, 0.1) is 11.4 Å². The van der Waals surface area contributed by atoms with Gasteiger partial charge in [0.1, 0.15) is 9.20 Å². The summed E-state index contributed by atoms with van der Waals surface area (Å²) in [5.74, 6) is -0.197. The highest BCUT2D eigenvalue weighted by Gasteiger charge is 2.22. The van der Waals surface area contributed by atoms with Crippen molar-refractivity contribution in [1.29, 1.82) is 0 Å². The minimum Gasteiger partial charge on any atom is -0.389 e. The maximum atomic E-state index is 12.0. The van der Waals surface area contributed by atoms with Gasteiger partial charge in [-0.15, -0.1) is 11.3 Å². The molecule has 0 aliphatic carbocycles. The lowest BCUT2D eigenvalue weighted by molar-refractivity contribution is -0.128. The quantitative estimate of drug-likeness (QED) is 0.755. The molecule has 2 rings (SSSR count). The van der Waals surface area contributed by atoms with E-state index in [0.717, 1.165) is 24.2 Å². The molecule has 1 amide bonds. The summed E-state index contributed by atoms with van der Waals surface area (Å²) in [6, 6.07) is 2.99. The predicted octanol–water partition coefficient (Wildman–Crippen LogP) is 0.283. The van der Waals surface area contributed by atoms with Crippen molar-refractivity contribution in [3.05, 3.63) is 17.0 Å². The fourth-order valence-corrected chi connectivity index (χ4v) is 4.27. The Morgan fingerprint density at radius 1 is 1.40 bits per heavy atom. The molecule has 1 fully saturated rings. The number of sulfonamides is 1. The maximum absolute atomic E-state index is 12.0. The van der Waals surface area contributed by atoms with Crippen LogP contribution >= 0.6 is 23.6 Å². The number of carbonyl (C=O) groups is 1. The summed E-state index contributed by atoms with van der Waals surface area (Å²) in [6.07, 6.45) is 1.95. The SMILES string of the molecule is NC(=S)c1ccc(S(=O)(=O)NCC(=O)N2CCCC2)s1. The van der Waals surface area contributed by atoms with Gasteiger partial charge in [-0.25, -0.2) is 13.1 Å². The Bertz CT molecular complexity index is 618. The molecule has 6 nitrogen and oxygen atoms in total. The molecule has 110 valence electrons. The molecule has 0 spiro atoms. The zero-order valence-electron chi connectivity index (χ0n) is 10.7. The van der Waals surface area contributed by atoms with Crippen molar-refractivity contribution in [2.45, 2.75) is 17.1 Å². The zero-order chi connectivity index (χ0) is 14.8. The summed E-state index contributed by atoms with van der Waals surface area (Å²) < 4.78 is 26.5. The summed E-state index contributed by atoms with van der Waals surface area (Å²) in [5, 5.41) is 0. The largest absolute Gasteiger partial charge is 0.389 e. The fourth-order valence-electron chi connectivity index (χ4n) is 1.90. The number of nitrogens with two attached hydrogens (primary N) is 1. The van der Waals surface area contributed by atoms with Crippen LogP contribution in [-0.2, 0) is 14.8 Å². The number of hydrogen-bond acceptors (Lipinski definition) is 5. The lowest BCUT2D eigenvalue weighted by Crippen LogP contribution is -2.38. The second kappa shape index (κ2) is 6.17. The number of amides is 1. The molecule has 0 aromatic carbocycles. The van der Waals surface area contributed by atoms with E-state index in [-0.39, 0.29) is 21.6 Å². The van der Waals surface area contributed by atoms with Gasteiger partial charge in [-0.05, 0) is 25.0 Å². The first-order valence-electron chi connectivity index (χ1n) is 6.07. The van der Waals surface area contributed by atoms with E-state index in [1.165, 1.54) is 6.07 Å². The van der Waals surface area contributed by atoms with Crippen molar-refractivity contribution in [2.75, 3.05) is 19.6 Å². The van der Waals surface area contributed by atoms with Crippen LogP contribution in [-0.4, -0.2) is 43.8 Å². The normalized spacial score (nSPS) is 15.5. The van der Waals surface area contributed by atoms with Gasteiger partial charge in [0.15, 0.2) is 0 Å². The fraction of sp³-hybridized carbons (Fsp3) is 0.455. The van der Waals surface area contributed by atoms with Crippen LogP contribution in [0.25, 0.3) is 0 Å². The first-order valence-corrected chi connectivity index (χ1v) is 8.78. The molecule has 1 saturated heterocycles. The summed E-state index contributed by atoms with van der Waals surface area (Å²) >= 11 is 5.78. The number of carbonyl (C=O) groups excluding carboxylic acids is 1. The molecule has 2 heterocycles. The number of nitrogens with zero attached hydrogens (tertiary/aromatic N) is 1. The van der Waals surface area contributed by atoms with Crippen LogP contribution in [0.4, 0.5) is 0 Å². The number of rotatable bonds is 5. The van der Waals surface area contributed by atoms with Gasteiger partial charge in [0.2, 0.25) is 5.91 Å². The summed E-state index contributed by atoms with van der Waals surface area (Å²) in [4.78, 5) is 14.2. The molecule has 0 radical (unpaired) electrons. The Morgan fingerprint density at radius 3 is 2.60 bits per heavy atom. The Kier molecular flexibility index (Phi) is 4.74. The van der Waals surface area contributed by atoms with E-state index >= 15 is 0 Å². The average molecular weight is 333 g/mol. The molecular weight excluding hydrogens is 318 g/mol. The van der Waals surface area contributed by atoms with Gasteiger partial charge in [0, 0.05) is 13.1 Å². The van der Waals surface area contributed by atoms with Crippen LogP contribution in [0.5, 0.6) is 0 Å². The predicted molar refractivity (Wildman–Crippen MR) is 81.2 cm³/mol. The van der Waals surface area contributed by atoms with Crippen LogP contribution in [0.1, 0.15) is 17.7 Å². The minimum absolute atomic E-state index is 0.106. The molecule has 20 heavy (non-hydrogen) atoms. The van der Waals surface area contributed by atoms with Crippen LogP contribution in [0.3, 0.4) is 0 Å². The molecule has 0 bridgehead atoms. The standard InChI is InChI=1S/C11H15N3O3S3/c12-11(18)8-3-4-10(19-8)20(16,17)13-7-9(15)14-5-1-2-6-14/h3-4,13H,1-2,5-7H2,(H2,12,18). The smallest absolute Gasteiger partial charge is 0.250 e. The summed E-state index contributed by atoms with van der Waals surface area (Å²) in [7, 11) is -3.69. The molecular formula is C11H15N3O3S3. The average Bonchev–Trinajstić information content (AvgIpc) is 3.06. The van der Waals surface area contributed by atoms with Gasteiger partial charge in [-0.2, -0.15) is 0 Å². The van der Waals surface area contributed by atoms with Gasteiger partial charge >= 0.3 is 0 Å². The Hall–Kier alpha value is -1.03. The molecule has 0 saturated carbocycles. The van der Waals surface area contributed by atoms with Gasteiger partial charge in [-0.3, -0.25) is 4.79 Å². The van der Waals surface area contributed by atoms with Crippen molar-refractivity contribution in [3.63, 3.8) is 0 Å². The number of likely N-dealkylation sites (tertiary alicyclic amines) is 1. The Balaban J connectivity index is 1.99. The third-order valence-electron chi connectivity index (χ3n) is 2.96. The molecule has 0 atom stereocenters. The van der Waals surface area contributed by atoms with Crippen molar-refractivity contribution in [3.8, 4) is 0 Å². The highest BCUT2D eigenvalue weighted by atomic mass is 32.2. The maximum Gasteiger partial charge on any atom is 0.250 e. The molecule has 1 aliphatic heterocycles. The van der Waals surface area contributed by atoms with E-state index in [2.05, 4.69) is 4.72 Å². The van der Waals surface area contributed by atoms with Crippen molar-refractivity contribution in [1.82, 2.24) is 9.62 Å². The molecule has 1 aliphatic rings. The van der Waals surface area contributed by atoms with E-state index < -0.39 is 10.0 Å². The second-order valence-corrected chi connectivity index (χ2v) is 7.91. The third-order valence-corrected chi connectivity index (χ3v) is 6.32. The van der Waals surface area contributed by atoms with Crippen LogP contribution in [0, 0.1) is 0 Å². The number of thiocarbonyl (C=S) groups is 1. The van der Waals surface area contributed by atoms with Crippen molar-refractivity contribution < 1.29 is 13.2 Å². The first-order chi connectivity index (χ1) is 9.40. The summed E-state index contributed by atoms with van der Waals surface area (Å²) in [5.41, 5.74) is 5.44. The molecule has 9 heteroatoms. The third kappa shape index (κ3) is 3.54. The van der Waals surface area contributed by atoms with E-state index in [0.29, 0.717) is 18.0 Å². The monoisotopic (exact) mass is 333 g/mol. The highest BCUT2D eigenvalue weighted by Crippen LogP contribution is 2.21. The van der Waals surface area contributed by atoms with E-state index in [1.54, 1.807) is 11.0 Å². The zero-order valence-corrected chi connectivity index (χ0v) is 13.1. The molecule has 1 aromatic heterocycles. The van der Waals surface area contributed by atoms with Gasteiger partial charge < -0.3 is 10.6 Å². The number of hydrogen-bond donors (Lipinski definition) is 2. The second-order valence-electron chi connectivity index (χ2n) is 4.40. The van der Waals surface area contributed by atoms with Crippen LogP contribution in [0.2, 0.25) is 0 Å². The minimum atomic E-state index is -3.69. The summed E-state index contributed by atoms with van der Waals surface area (Å²) in [6.45, 7) is 1.18. The van der Waals surface area contributed by atoms with Crippen LogP contribution < -0.4 is 10.5 Å². The number of nitrogens with one attached hydrogen (secondary N) is 1. The molecule has 0 unspecified atom stereocenters. The first kappa shape index (κ1) is 15.4. The molecule has 1 aromatic rings. The van der Waals surface area contributed by atoms with Crippen LogP contribution in [0.15, 0.2) is 16.3 Å².